The maximum absolute atomic E-state index is 12.8. The van der Waals surface area contributed by atoms with Crippen LogP contribution in [0.3, 0.4) is 0 Å². The molecule has 1 amide bonds. The number of anilines is 2. The van der Waals surface area contributed by atoms with Crippen molar-refractivity contribution in [2.45, 2.75) is 18.2 Å². The molecule has 0 spiro atoms. The summed E-state index contributed by atoms with van der Waals surface area (Å²) >= 11 is 1.37. The Morgan fingerprint density at radius 2 is 1.67 bits per heavy atom. The van der Waals surface area contributed by atoms with E-state index in [2.05, 4.69) is 10.0 Å². The molecule has 1 aliphatic heterocycles. The molecule has 3 aromatic rings. The quantitative estimate of drug-likeness (QED) is 0.613. The van der Waals surface area contributed by atoms with Crippen molar-refractivity contribution in [3.05, 3.63) is 64.4 Å². The molecule has 7 nitrogen and oxygen atoms in total. The minimum absolute atomic E-state index is 0.0808. The van der Waals surface area contributed by atoms with E-state index in [-0.39, 0.29) is 10.8 Å². The highest BCUT2D eigenvalue weighted by Crippen LogP contribution is 2.32. The number of nitrogens with one attached hydrogen (secondary N) is 2. The summed E-state index contributed by atoms with van der Waals surface area (Å²) in [5.74, 6) is 0.757. The highest BCUT2D eigenvalue weighted by atomic mass is 32.2. The molecule has 2 heterocycles. The first-order valence-corrected chi connectivity index (χ1v) is 11.7. The van der Waals surface area contributed by atoms with Gasteiger partial charge in [0.1, 0.15) is 0 Å². The number of fused-ring (bicyclic) bond motifs is 1. The van der Waals surface area contributed by atoms with Gasteiger partial charge < -0.3 is 14.8 Å². The number of ether oxygens (including phenoxy) is 2. The van der Waals surface area contributed by atoms with Crippen LogP contribution < -0.4 is 19.5 Å². The highest BCUT2D eigenvalue weighted by Gasteiger charge is 2.19. The number of sulfonamides is 1. The SMILES string of the molecule is Cc1ccsc1C(=O)Nc1ccc(NS(=O)(=O)c2ccc3c(c2)OCCCO3)cc1. The lowest BCUT2D eigenvalue weighted by Crippen LogP contribution is -2.14. The minimum atomic E-state index is -3.81. The van der Waals surface area contributed by atoms with E-state index in [0.717, 1.165) is 12.0 Å². The molecule has 1 aromatic heterocycles. The zero-order chi connectivity index (χ0) is 21.1. The Morgan fingerprint density at radius 1 is 0.967 bits per heavy atom. The van der Waals surface area contributed by atoms with Crippen molar-refractivity contribution in [3.8, 4) is 11.5 Å². The number of hydrogen-bond acceptors (Lipinski definition) is 6. The fourth-order valence-corrected chi connectivity index (χ4v) is 4.83. The molecule has 1 aliphatic rings. The second kappa shape index (κ2) is 8.37. The van der Waals surface area contributed by atoms with Gasteiger partial charge in [-0.2, -0.15) is 0 Å². The number of thiophene rings is 1. The van der Waals surface area contributed by atoms with Gasteiger partial charge in [-0.25, -0.2) is 8.42 Å². The van der Waals surface area contributed by atoms with Crippen molar-refractivity contribution >= 4 is 38.6 Å². The third-order valence-electron chi connectivity index (χ3n) is 4.49. The van der Waals surface area contributed by atoms with Crippen LogP contribution in [0.5, 0.6) is 11.5 Å². The Bertz CT molecular complexity index is 1170. The van der Waals surface area contributed by atoms with E-state index < -0.39 is 10.0 Å². The van der Waals surface area contributed by atoms with Gasteiger partial charge in [-0.1, -0.05) is 0 Å². The topological polar surface area (TPSA) is 93.7 Å². The van der Waals surface area contributed by atoms with Crippen LogP contribution in [-0.4, -0.2) is 27.5 Å². The van der Waals surface area contributed by atoms with E-state index >= 15 is 0 Å². The molecule has 30 heavy (non-hydrogen) atoms. The molecule has 0 radical (unpaired) electrons. The largest absolute Gasteiger partial charge is 0.490 e. The van der Waals surface area contributed by atoms with Crippen LogP contribution in [0.25, 0.3) is 0 Å². The summed E-state index contributed by atoms with van der Waals surface area (Å²) in [5, 5.41) is 4.67. The number of carbonyl (C=O) groups excluding carboxylic acids is 1. The molecule has 0 atom stereocenters. The molecular weight excluding hydrogens is 424 g/mol. The van der Waals surface area contributed by atoms with E-state index in [4.69, 9.17) is 9.47 Å². The van der Waals surface area contributed by atoms with E-state index in [1.54, 1.807) is 30.3 Å². The Hall–Kier alpha value is -3.04. The number of rotatable bonds is 5. The summed E-state index contributed by atoms with van der Waals surface area (Å²) in [6.07, 6.45) is 0.740. The minimum Gasteiger partial charge on any atom is -0.490 e. The number of amides is 1. The Labute approximate surface area is 178 Å². The fraction of sp³-hybridized carbons (Fsp3) is 0.190. The normalized spacial score (nSPS) is 13.4. The predicted molar refractivity (Wildman–Crippen MR) is 116 cm³/mol. The van der Waals surface area contributed by atoms with Gasteiger partial charge in [0.15, 0.2) is 11.5 Å². The molecule has 0 saturated carbocycles. The average Bonchev–Trinajstić information content (AvgIpc) is 3.01. The Kier molecular flexibility index (Phi) is 5.65. The smallest absolute Gasteiger partial charge is 0.265 e. The maximum atomic E-state index is 12.8. The van der Waals surface area contributed by atoms with Crippen LogP contribution in [0, 0.1) is 6.92 Å². The summed E-state index contributed by atoms with van der Waals surface area (Å²) in [6.45, 7) is 2.89. The summed E-state index contributed by atoms with van der Waals surface area (Å²) in [6, 6.07) is 12.9. The first-order valence-electron chi connectivity index (χ1n) is 9.30. The van der Waals surface area contributed by atoms with Crippen molar-refractivity contribution in [2.24, 2.45) is 0 Å². The first-order chi connectivity index (χ1) is 14.4. The number of aryl methyl sites for hydroxylation is 1. The summed E-state index contributed by atoms with van der Waals surface area (Å²) in [7, 11) is -3.81. The van der Waals surface area contributed by atoms with Gasteiger partial charge in [0, 0.05) is 23.9 Å². The maximum Gasteiger partial charge on any atom is 0.265 e. The third kappa shape index (κ3) is 4.42. The van der Waals surface area contributed by atoms with Gasteiger partial charge in [-0.05, 0) is 60.3 Å². The molecule has 2 N–H and O–H groups in total. The molecule has 0 fully saturated rings. The summed E-state index contributed by atoms with van der Waals surface area (Å²) in [4.78, 5) is 13.0. The molecule has 2 aromatic carbocycles. The monoisotopic (exact) mass is 444 g/mol. The standard InChI is InChI=1S/C21H20N2O5S2/c1-14-9-12-29-20(14)21(24)22-15-3-5-16(6-4-15)23-30(25,26)17-7-8-18-19(13-17)28-11-2-10-27-18/h3-9,12-13,23H,2,10-11H2,1H3,(H,22,24). The zero-order valence-electron chi connectivity index (χ0n) is 16.2. The van der Waals surface area contributed by atoms with Crippen LogP contribution in [0.15, 0.2) is 58.8 Å². The molecule has 156 valence electrons. The van der Waals surface area contributed by atoms with Gasteiger partial charge in [-0.15, -0.1) is 11.3 Å². The van der Waals surface area contributed by atoms with Crippen LogP contribution >= 0.6 is 11.3 Å². The Balaban J connectivity index is 1.47. The van der Waals surface area contributed by atoms with Crippen molar-refractivity contribution in [1.82, 2.24) is 0 Å². The summed E-state index contributed by atoms with van der Waals surface area (Å²) < 4.78 is 39.2. The van der Waals surface area contributed by atoms with Crippen molar-refractivity contribution < 1.29 is 22.7 Å². The van der Waals surface area contributed by atoms with Gasteiger partial charge in [0.25, 0.3) is 15.9 Å². The average molecular weight is 445 g/mol. The van der Waals surface area contributed by atoms with Crippen LogP contribution in [0.4, 0.5) is 11.4 Å². The van der Waals surface area contributed by atoms with Crippen LogP contribution in [-0.2, 0) is 10.0 Å². The van der Waals surface area contributed by atoms with Crippen LogP contribution in [0.1, 0.15) is 21.7 Å². The predicted octanol–water partition coefficient (Wildman–Crippen LogP) is 4.27. The molecule has 0 aliphatic carbocycles. The first kappa shape index (κ1) is 20.2. The highest BCUT2D eigenvalue weighted by molar-refractivity contribution is 7.92. The van der Waals surface area contributed by atoms with Gasteiger partial charge in [-0.3, -0.25) is 9.52 Å². The van der Waals surface area contributed by atoms with Crippen molar-refractivity contribution in [2.75, 3.05) is 23.3 Å². The molecule has 0 saturated heterocycles. The summed E-state index contributed by atoms with van der Waals surface area (Å²) in [5.41, 5.74) is 1.87. The lowest BCUT2D eigenvalue weighted by Gasteiger charge is -2.12. The number of carbonyl (C=O) groups is 1. The second-order valence-electron chi connectivity index (χ2n) is 6.73. The van der Waals surface area contributed by atoms with Crippen LogP contribution in [0.2, 0.25) is 0 Å². The van der Waals surface area contributed by atoms with Crippen molar-refractivity contribution in [1.29, 1.82) is 0 Å². The third-order valence-corrected chi connectivity index (χ3v) is 6.89. The number of hydrogen-bond donors (Lipinski definition) is 2. The molecular formula is C21H20N2O5S2. The number of benzene rings is 2. The second-order valence-corrected chi connectivity index (χ2v) is 9.33. The lowest BCUT2D eigenvalue weighted by molar-refractivity contribution is 0.103. The molecule has 4 rings (SSSR count). The fourth-order valence-electron chi connectivity index (χ4n) is 2.94. The van der Waals surface area contributed by atoms with Gasteiger partial charge in [0.2, 0.25) is 0 Å². The van der Waals surface area contributed by atoms with E-state index in [9.17, 15) is 13.2 Å². The zero-order valence-corrected chi connectivity index (χ0v) is 17.8. The van der Waals surface area contributed by atoms with Gasteiger partial charge >= 0.3 is 0 Å². The van der Waals surface area contributed by atoms with Crippen molar-refractivity contribution in [3.63, 3.8) is 0 Å². The molecule has 0 unspecified atom stereocenters. The van der Waals surface area contributed by atoms with Gasteiger partial charge in [0.05, 0.1) is 23.0 Å². The van der Waals surface area contributed by atoms with E-state index in [0.29, 0.717) is 41.0 Å². The molecule has 0 bridgehead atoms. The molecule has 9 heteroatoms. The van der Waals surface area contributed by atoms with E-state index in [1.165, 1.54) is 23.5 Å². The lowest BCUT2D eigenvalue weighted by atomic mass is 10.2. The Morgan fingerprint density at radius 3 is 2.37 bits per heavy atom. The van der Waals surface area contributed by atoms with E-state index in [1.807, 2.05) is 18.4 Å².